The minimum absolute atomic E-state index is 0.119. The number of nitrogens with one attached hydrogen (secondary N) is 1. The Bertz CT molecular complexity index is 1360. The van der Waals surface area contributed by atoms with E-state index in [1.165, 1.54) is 23.1 Å². The first-order valence-electron chi connectivity index (χ1n) is 12.1. The number of carbonyl (C=O) groups is 2. The number of carbonyl (C=O) groups excluding carboxylic acids is 2. The van der Waals surface area contributed by atoms with Crippen molar-refractivity contribution in [2.45, 2.75) is 32.9 Å². The standard InChI is InChI=1S/C28H31Cl2N3O4S/c1-4-31-28(35)26(14-21-11-6-5-7-12-21)32(18-22-13-9-8-10-20(22)2)27(34)19-33(38(3,36)37)25-16-23(29)15-24(30)17-25/h5-13,15-17,26H,4,14,18-19H2,1-3H3,(H,31,35)/t26-/m0/s1. The van der Waals surface area contributed by atoms with Crippen molar-refractivity contribution in [3.8, 4) is 0 Å². The summed E-state index contributed by atoms with van der Waals surface area (Å²) in [7, 11) is -3.91. The zero-order valence-electron chi connectivity index (χ0n) is 21.5. The van der Waals surface area contributed by atoms with Crippen molar-refractivity contribution in [1.29, 1.82) is 0 Å². The monoisotopic (exact) mass is 575 g/mol. The lowest BCUT2D eigenvalue weighted by molar-refractivity contribution is -0.140. The Kier molecular flexibility index (Phi) is 10.2. The number of likely N-dealkylation sites (N-methyl/N-ethyl adjacent to an activating group) is 1. The van der Waals surface area contributed by atoms with E-state index in [0.29, 0.717) is 6.54 Å². The Labute approximate surface area is 234 Å². The van der Waals surface area contributed by atoms with Gasteiger partial charge in [0.15, 0.2) is 0 Å². The van der Waals surface area contributed by atoms with Crippen molar-refractivity contribution < 1.29 is 18.0 Å². The van der Waals surface area contributed by atoms with E-state index < -0.39 is 28.5 Å². The van der Waals surface area contributed by atoms with Gasteiger partial charge in [-0.1, -0.05) is 77.8 Å². The van der Waals surface area contributed by atoms with Crippen LogP contribution in [0.2, 0.25) is 10.0 Å². The number of amides is 2. The van der Waals surface area contributed by atoms with Crippen LogP contribution in [0.1, 0.15) is 23.6 Å². The average Bonchev–Trinajstić information content (AvgIpc) is 2.85. The minimum Gasteiger partial charge on any atom is -0.355 e. The van der Waals surface area contributed by atoms with Crippen molar-refractivity contribution in [3.05, 3.63) is 99.5 Å². The Morgan fingerprint density at radius 2 is 1.55 bits per heavy atom. The molecule has 0 fully saturated rings. The molecule has 1 atom stereocenters. The highest BCUT2D eigenvalue weighted by Gasteiger charge is 2.33. The summed E-state index contributed by atoms with van der Waals surface area (Å²) in [6.07, 6.45) is 1.26. The van der Waals surface area contributed by atoms with Crippen LogP contribution in [0.3, 0.4) is 0 Å². The van der Waals surface area contributed by atoms with Crippen molar-refractivity contribution in [3.63, 3.8) is 0 Å². The van der Waals surface area contributed by atoms with Gasteiger partial charge >= 0.3 is 0 Å². The lowest BCUT2D eigenvalue weighted by atomic mass is 10.0. The first-order valence-corrected chi connectivity index (χ1v) is 14.7. The molecule has 0 aliphatic heterocycles. The fourth-order valence-electron chi connectivity index (χ4n) is 4.11. The number of anilines is 1. The molecule has 7 nitrogen and oxygen atoms in total. The molecule has 0 saturated carbocycles. The average molecular weight is 577 g/mol. The zero-order valence-corrected chi connectivity index (χ0v) is 23.9. The highest BCUT2D eigenvalue weighted by molar-refractivity contribution is 7.92. The number of halogens is 2. The molecule has 3 aromatic rings. The van der Waals surface area contributed by atoms with Gasteiger partial charge in [-0.15, -0.1) is 0 Å². The van der Waals surface area contributed by atoms with Crippen LogP contribution in [-0.4, -0.2) is 50.5 Å². The molecule has 0 radical (unpaired) electrons. The number of sulfonamides is 1. The predicted molar refractivity (Wildman–Crippen MR) is 153 cm³/mol. The molecular formula is C28H31Cl2N3O4S. The van der Waals surface area contributed by atoms with Gasteiger partial charge in [-0.05, 0) is 48.7 Å². The van der Waals surface area contributed by atoms with Gasteiger partial charge in [0.25, 0.3) is 0 Å². The Hall–Kier alpha value is -3.07. The molecule has 2 amide bonds. The van der Waals surface area contributed by atoms with Gasteiger partial charge in [-0.25, -0.2) is 8.42 Å². The van der Waals surface area contributed by atoms with Crippen LogP contribution in [0.15, 0.2) is 72.8 Å². The summed E-state index contributed by atoms with van der Waals surface area (Å²) in [6.45, 7) is 3.69. The maximum absolute atomic E-state index is 14.0. The molecular weight excluding hydrogens is 545 g/mol. The van der Waals surface area contributed by atoms with Crippen LogP contribution in [0.25, 0.3) is 0 Å². The van der Waals surface area contributed by atoms with E-state index in [-0.39, 0.29) is 34.6 Å². The molecule has 0 aliphatic carbocycles. The van der Waals surface area contributed by atoms with Crippen LogP contribution in [0, 0.1) is 6.92 Å². The van der Waals surface area contributed by atoms with E-state index in [2.05, 4.69) is 5.32 Å². The zero-order chi connectivity index (χ0) is 27.9. The molecule has 0 saturated heterocycles. The lowest BCUT2D eigenvalue weighted by Gasteiger charge is -2.33. The maximum Gasteiger partial charge on any atom is 0.244 e. The normalized spacial score (nSPS) is 12.0. The number of benzene rings is 3. The smallest absolute Gasteiger partial charge is 0.244 e. The van der Waals surface area contributed by atoms with Gasteiger partial charge in [0.05, 0.1) is 11.9 Å². The third kappa shape index (κ3) is 7.96. The van der Waals surface area contributed by atoms with Crippen LogP contribution >= 0.6 is 23.2 Å². The van der Waals surface area contributed by atoms with E-state index in [1.54, 1.807) is 6.92 Å². The fourth-order valence-corrected chi connectivity index (χ4v) is 5.46. The van der Waals surface area contributed by atoms with Gasteiger partial charge in [-0.2, -0.15) is 0 Å². The first kappa shape index (κ1) is 29.5. The van der Waals surface area contributed by atoms with E-state index >= 15 is 0 Å². The second kappa shape index (κ2) is 13.1. The van der Waals surface area contributed by atoms with Crippen molar-refractivity contribution in [1.82, 2.24) is 10.2 Å². The van der Waals surface area contributed by atoms with Gasteiger partial charge in [0.1, 0.15) is 12.6 Å². The van der Waals surface area contributed by atoms with Gasteiger partial charge in [0.2, 0.25) is 21.8 Å². The minimum atomic E-state index is -3.91. The molecule has 38 heavy (non-hydrogen) atoms. The highest BCUT2D eigenvalue weighted by atomic mass is 35.5. The highest BCUT2D eigenvalue weighted by Crippen LogP contribution is 2.27. The maximum atomic E-state index is 14.0. The lowest BCUT2D eigenvalue weighted by Crippen LogP contribution is -2.53. The molecule has 0 heterocycles. The number of nitrogens with zero attached hydrogens (tertiary/aromatic N) is 2. The molecule has 202 valence electrons. The van der Waals surface area contributed by atoms with E-state index in [0.717, 1.165) is 27.3 Å². The molecule has 1 N–H and O–H groups in total. The Morgan fingerprint density at radius 3 is 2.13 bits per heavy atom. The van der Waals surface area contributed by atoms with Crippen molar-refractivity contribution >= 4 is 50.7 Å². The molecule has 10 heteroatoms. The van der Waals surface area contributed by atoms with E-state index in [9.17, 15) is 18.0 Å². The van der Waals surface area contributed by atoms with E-state index in [1.807, 2.05) is 61.5 Å². The molecule has 0 aromatic heterocycles. The molecule has 0 bridgehead atoms. The fraction of sp³-hybridized carbons (Fsp3) is 0.286. The first-order chi connectivity index (χ1) is 18.0. The summed E-state index contributed by atoms with van der Waals surface area (Å²) in [5.41, 5.74) is 2.82. The quantitative estimate of drug-likeness (QED) is 0.354. The molecule has 3 aromatic carbocycles. The van der Waals surface area contributed by atoms with Gasteiger partial charge < -0.3 is 10.2 Å². The third-order valence-electron chi connectivity index (χ3n) is 6.04. The SMILES string of the molecule is CCNC(=O)[C@H](Cc1ccccc1)N(Cc1ccccc1C)C(=O)CN(c1cc(Cl)cc(Cl)c1)S(C)(=O)=O. The molecule has 0 unspecified atom stereocenters. The molecule has 0 aliphatic rings. The second-order valence-electron chi connectivity index (χ2n) is 8.95. The largest absolute Gasteiger partial charge is 0.355 e. The predicted octanol–water partition coefficient (Wildman–Crippen LogP) is 4.84. The summed E-state index contributed by atoms with van der Waals surface area (Å²) in [5.74, 6) is -0.864. The van der Waals surface area contributed by atoms with Crippen LogP contribution in [0.4, 0.5) is 5.69 Å². The van der Waals surface area contributed by atoms with Crippen molar-refractivity contribution in [2.24, 2.45) is 0 Å². The third-order valence-corrected chi connectivity index (χ3v) is 7.62. The number of hydrogen-bond donors (Lipinski definition) is 1. The van der Waals surface area contributed by atoms with E-state index in [4.69, 9.17) is 23.2 Å². The van der Waals surface area contributed by atoms with Crippen molar-refractivity contribution in [2.75, 3.05) is 23.7 Å². The summed E-state index contributed by atoms with van der Waals surface area (Å²) in [5, 5.41) is 3.29. The topological polar surface area (TPSA) is 86.8 Å². The van der Waals surface area contributed by atoms with Gasteiger partial charge in [0, 0.05) is 29.6 Å². The number of aryl methyl sites for hydroxylation is 1. The molecule has 3 rings (SSSR count). The van der Waals surface area contributed by atoms with Gasteiger partial charge in [-0.3, -0.25) is 13.9 Å². The van der Waals surface area contributed by atoms with Crippen LogP contribution in [0.5, 0.6) is 0 Å². The summed E-state index contributed by atoms with van der Waals surface area (Å²) in [4.78, 5) is 28.8. The van der Waals surface area contributed by atoms with Crippen LogP contribution < -0.4 is 9.62 Å². The van der Waals surface area contributed by atoms with Crippen LogP contribution in [-0.2, 0) is 32.6 Å². The summed E-state index contributed by atoms with van der Waals surface area (Å²) < 4.78 is 26.6. The second-order valence-corrected chi connectivity index (χ2v) is 11.7. The molecule has 0 spiro atoms. The Morgan fingerprint density at radius 1 is 0.947 bits per heavy atom. The number of rotatable bonds is 11. The number of hydrogen-bond acceptors (Lipinski definition) is 4. The summed E-state index contributed by atoms with van der Waals surface area (Å²) in [6, 6.07) is 20.4. The summed E-state index contributed by atoms with van der Waals surface area (Å²) >= 11 is 12.3. The Balaban J connectivity index is 2.07.